The number of anilines is 1. The maximum Gasteiger partial charge on any atom is 0.338 e. The molecule has 1 N–H and O–H groups in total. The first kappa shape index (κ1) is 23.6. The number of halogens is 2. The Morgan fingerprint density at radius 1 is 1.26 bits per heavy atom. The normalized spacial score (nSPS) is 15.1. The fourth-order valence-electron chi connectivity index (χ4n) is 3.73. The first-order chi connectivity index (χ1) is 16.3. The molecule has 0 bridgehead atoms. The molecule has 0 amide bonds. The smallest absolute Gasteiger partial charge is 0.338 e. The molecule has 34 heavy (non-hydrogen) atoms. The monoisotopic (exact) mass is 486 g/mol. The van der Waals surface area contributed by atoms with E-state index in [1.807, 2.05) is 0 Å². The first-order valence-electron chi connectivity index (χ1n) is 10.6. The van der Waals surface area contributed by atoms with Gasteiger partial charge in [-0.1, -0.05) is 23.7 Å². The second-order valence-electron chi connectivity index (χ2n) is 7.95. The number of esters is 1. The maximum atomic E-state index is 14.1. The van der Waals surface area contributed by atoms with Crippen molar-refractivity contribution in [2.75, 3.05) is 12.4 Å². The van der Waals surface area contributed by atoms with Crippen molar-refractivity contribution in [1.82, 2.24) is 14.8 Å². The van der Waals surface area contributed by atoms with Crippen LogP contribution in [-0.4, -0.2) is 33.9 Å². The van der Waals surface area contributed by atoms with Crippen molar-refractivity contribution in [3.05, 3.63) is 76.0 Å². The molecular weight excluding hydrogens is 463 g/mol. The van der Waals surface area contributed by atoms with E-state index < -0.39 is 17.8 Å². The second-order valence-corrected chi connectivity index (χ2v) is 8.35. The molecule has 3 aromatic rings. The van der Waals surface area contributed by atoms with Crippen LogP contribution in [-0.2, 0) is 16.1 Å². The molecule has 2 aromatic carbocycles. The molecule has 1 atom stereocenters. The third-order valence-corrected chi connectivity index (χ3v) is 5.65. The lowest BCUT2D eigenvalue weighted by atomic mass is 9.95. The Morgan fingerprint density at radius 3 is 2.76 bits per heavy atom. The predicted molar refractivity (Wildman–Crippen MR) is 124 cm³/mol. The van der Waals surface area contributed by atoms with Gasteiger partial charge in [0, 0.05) is 11.3 Å². The number of ether oxygens (including phenoxy) is 3. The van der Waals surface area contributed by atoms with Crippen molar-refractivity contribution < 1.29 is 23.4 Å². The van der Waals surface area contributed by atoms with E-state index in [-0.39, 0.29) is 23.3 Å². The van der Waals surface area contributed by atoms with Gasteiger partial charge in [-0.2, -0.15) is 10.1 Å². The Hall–Kier alpha value is -3.59. The van der Waals surface area contributed by atoms with Crippen LogP contribution in [0.4, 0.5) is 10.3 Å². The van der Waals surface area contributed by atoms with Crippen molar-refractivity contribution in [3.63, 3.8) is 0 Å². The van der Waals surface area contributed by atoms with Gasteiger partial charge >= 0.3 is 5.97 Å². The van der Waals surface area contributed by atoms with E-state index in [4.69, 9.17) is 25.8 Å². The Morgan fingerprint density at radius 2 is 2.06 bits per heavy atom. The standard InChI is InChI=1S/C24H24ClFN4O4/c1-13(2)34-23(31)21-14(3)29-24-27-12-28-30(24)22(21)15-8-9-19(20(10-15)32-4)33-11-16-17(25)6-5-7-18(16)26/h5-10,12-13,22H,11H2,1-4H3,(H,27,28,29)/t22-/m1/s1. The van der Waals surface area contributed by atoms with Crippen molar-refractivity contribution in [1.29, 1.82) is 0 Å². The molecule has 1 aromatic heterocycles. The van der Waals surface area contributed by atoms with Gasteiger partial charge in [-0.15, -0.1) is 0 Å². The Kier molecular flexibility index (Phi) is 6.74. The SMILES string of the molecule is COc1cc([C@@H]2C(C(=O)OC(C)C)=C(C)Nc3ncnn32)ccc1OCc1c(F)cccc1Cl. The molecule has 0 radical (unpaired) electrons. The van der Waals surface area contributed by atoms with Crippen LogP contribution in [0.1, 0.15) is 37.9 Å². The summed E-state index contributed by atoms with van der Waals surface area (Å²) < 4.78 is 32.6. The summed E-state index contributed by atoms with van der Waals surface area (Å²) >= 11 is 6.11. The van der Waals surface area contributed by atoms with Gasteiger partial charge in [0.15, 0.2) is 11.5 Å². The topological polar surface area (TPSA) is 87.5 Å². The van der Waals surface area contributed by atoms with E-state index in [2.05, 4.69) is 15.4 Å². The molecule has 0 aliphatic carbocycles. The van der Waals surface area contributed by atoms with Gasteiger partial charge < -0.3 is 19.5 Å². The molecule has 8 nitrogen and oxygen atoms in total. The number of hydrogen-bond acceptors (Lipinski definition) is 7. The number of nitrogens with zero attached hydrogens (tertiary/aromatic N) is 3. The second kappa shape index (κ2) is 9.72. The average Bonchev–Trinajstić information content (AvgIpc) is 3.25. The minimum atomic E-state index is -0.603. The summed E-state index contributed by atoms with van der Waals surface area (Å²) in [5, 5.41) is 7.68. The fraction of sp³-hybridized carbons (Fsp3) is 0.292. The van der Waals surface area contributed by atoms with E-state index in [0.29, 0.717) is 34.3 Å². The number of hydrogen-bond donors (Lipinski definition) is 1. The van der Waals surface area contributed by atoms with Crippen LogP contribution in [0, 0.1) is 5.82 Å². The highest BCUT2D eigenvalue weighted by molar-refractivity contribution is 6.31. The quantitative estimate of drug-likeness (QED) is 0.475. The van der Waals surface area contributed by atoms with Crippen LogP contribution in [0.25, 0.3) is 0 Å². The van der Waals surface area contributed by atoms with Crippen molar-refractivity contribution >= 4 is 23.5 Å². The summed E-state index contributed by atoms with van der Waals surface area (Å²) in [6, 6.07) is 9.09. The Balaban J connectivity index is 1.69. The zero-order valence-corrected chi connectivity index (χ0v) is 19.9. The summed E-state index contributed by atoms with van der Waals surface area (Å²) in [5.41, 5.74) is 1.97. The zero-order valence-electron chi connectivity index (χ0n) is 19.1. The fourth-order valence-corrected chi connectivity index (χ4v) is 3.95. The molecular formula is C24H24ClFN4O4. The molecule has 0 unspecified atom stereocenters. The van der Waals surface area contributed by atoms with Crippen LogP contribution in [0.2, 0.25) is 5.02 Å². The number of allylic oxidation sites excluding steroid dienone is 1. The number of rotatable bonds is 7. The van der Waals surface area contributed by atoms with Gasteiger partial charge in [-0.05, 0) is 50.6 Å². The van der Waals surface area contributed by atoms with Crippen LogP contribution >= 0.6 is 11.6 Å². The van der Waals surface area contributed by atoms with Gasteiger partial charge in [-0.3, -0.25) is 0 Å². The molecule has 4 rings (SSSR count). The summed E-state index contributed by atoms with van der Waals surface area (Å²) in [7, 11) is 1.50. The number of methoxy groups -OCH3 is 1. The molecule has 178 valence electrons. The van der Waals surface area contributed by atoms with Crippen molar-refractivity contribution in [3.8, 4) is 11.5 Å². The molecule has 0 fully saturated rings. The van der Waals surface area contributed by atoms with Gasteiger partial charge in [0.25, 0.3) is 0 Å². The summed E-state index contributed by atoms with van der Waals surface area (Å²) in [6.07, 6.45) is 1.12. The summed E-state index contributed by atoms with van der Waals surface area (Å²) in [6.45, 7) is 5.29. The summed E-state index contributed by atoms with van der Waals surface area (Å²) in [4.78, 5) is 17.2. The van der Waals surface area contributed by atoms with Crippen LogP contribution in [0.3, 0.4) is 0 Å². The van der Waals surface area contributed by atoms with Gasteiger partial charge in [0.05, 0.1) is 23.8 Å². The molecule has 0 saturated carbocycles. The summed E-state index contributed by atoms with van der Waals surface area (Å²) in [5.74, 6) is 0.381. The minimum Gasteiger partial charge on any atom is -0.493 e. The number of carbonyl (C=O) groups excluding carboxylic acids is 1. The molecule has 2 heterocycles. The van der Waals surface area contributed by atoms with Crippen LogP contribution in [0.5, 0.6) is 11.5 Å². The number of nitrogens with one attached hydrogen (secondary N) is 1. The van der Waals surface area contributed by atoms with E-state index in [9.17, 15) is 9.18 Å². The first-order valence-corrected chi connectivity index (χ1v) is 11.0. The molecule has 1 aliphatic rings. The van der Waals surface area contributed by atoms with E-state index >= 15 is 0 Å². The van der Waals surface area contributed by atoms with Crippen LogP contribution < -0.4 is 14.8 Å². The highest BCUT2D eigenvalue weighted by Crippen LogP contribution is 2.39. The predicted octanol–water partition coefficient (Wildman–Crippen LogP) is 4.90. The van der Waals surface area contributed by atoms with E-state index in [1.54, 1.807) is 49.7 Å². The average molecular weight is 487 g/mol. The van der Waals surface area contributed by atoms with Crippen LogP contribution in [0.15, 0.2) is 54.0 Å². The minimum absolute atomic E-state index is 0.0766. The van der Waals surface area contributed by atoms with Crippen molar-refractivity contribution in [2.24, 2.45) is 0 Å². The molecule has 10 heteroatoms. The van der Waals surface area contributed by atoms with Gasteiger partial charge in [0.2, 0.25) is 5.95 Å². The lowest BCUT2D eigenvalue weighted by Crippen LogP contribution is -2.30. The zero-order chi connectivity index (χ0) is 24.4. The number of fused-ring (bicyclic) bond motifs is 1. The number of carbonyl (C=O) groups is 1. The Bertz CT molecular complexity index is 1240. The third-order valence-electron chi connectivity index (χ3n) is 5.29. The number of aromatic nitrogens is 3. The van der Waals surface area contributed by atoms with Gasteiger partial charge in [-0.25, -0.2) is 13.9 Å². The largest absolute Gasteiger partial charge is 0.493 e. The lowest BCUT2D eigenvalue weighted by Gasteiger charge is -2.29. The Labute approximate surface area is 201 Å². The lowest BCUT2D eigenvalue weighted by molar-refractivity contribution is -0.143. The number of benzene rings is 2. The van der Waals surface area contributed by atoms with E-state index in [1.165, 1.54) is 25.6 Å². The van der Waals surface area contributed by atoms with E-state index in [0.717, 1.165) is 0 Å². The third kappa shape index (κ3) is 4.56. The molecule has 1 aliphatic heterocycles. The van der Waals surface area contributed by atoms with Crippen molar-refractivity contribution in [2.45, 2.75) is 39.5 Å². The highest BCUT2D eigenvalue weighted by Gasteiger charge is 2.35. The molecule has 0 saturated heterocycles. The maximum absolute atomic E-state index is 14.1. The molecule has 0 spiro atoms. The van der Waals surface area contributed by atoms with Gasteiger partial charge in [0.1, 0.15) is 24.8 Å². The highest BCUT2D eigenvalue weighted by atomic mass is 35.5.